The Balaban J connectivity index is 2.63. The zero-order valence-electron chi connectivity index (χ0n) is 9.74. The highest BCUT2D eigenvalue weighted by molar-refractivity contribution is 9.10. The van der Waals surface area contributed by atoms with Crippen molar-refractivity contribution in [2.45, 2.75) is 45.1 Å². The first-order chi connectivity index (χ1) is 7.46. The molecule has 0 aliphatic heterocycles. The van der Waals surface area contributed by atoms with Crippen LogP contribution in [0.4, 0.5) is 4.39 Å². The minimum atomic E-state index is -0.456. The van der Waals surface area contributed by atoms with Gasteiger partial charge in [-0.15, -0.1) is 0 Å². The fourth-order valence-electron chi connectivity index (χ4n) is 2.69. The lowest BCUT2D eigenvalue weighted by molar-refractivity contribution is 0.428. The molecule has 1 aromatic carbocycles. The first-order valence-electron chi connectivity index (χ1n) is 5.70. The number of hydrogen-bond donors (Lipinski definition) is 1. The normalized spacial score (nSPS) is 19.1. The topological polar surface area (TPSA) is 26.0 Å². The molecule has 3 heteroatoms. The molecule has 0 bridgehead atoms. The second kappa shape index (κ2) is 4.11. The van der Waals surface area contributed by atoms with Gasteiger partial charge in [-0.1, -0.05) is 28.8 Å². The lowest BCUT2D eigenvalue weighted by atomic mass is 9.85. The zero-order chi connectivity index (χ0) is 11.9. The van der Waals surface area contributed by atoms with Crippen molar-refractivity contribution in [3.63, 3.8) is 0 Å². The van der Waals surface area contributed by atoms with Crippen molar-refractivity contribution in [2.75, 3.05) is 0 Å². The Bertz CT molecular complexity index is 396. The summed E-state index contributed by atoms with van der Waals surface area (Å²) in [5.41, 5.74) is 8.24. The lowest BCUT2D eigenvalue weighted by Crippen LogP contribution is -2.35. The van der Waals surface area contributed by atoms with Crippen LogP contribution in [0.15, 0.2) is 10.5 Å². The number of rotatable bonds is 1. The van der Waals surface area contributed by atoms with Crippen molar-refractivity contribution in [3.05, 3.63) is 33.0 Å². The molecule has 0 unspecified atom stereocenters. The van der Waals surface area contributed by atoms with Gasteiger partial charge < -0.3 is 5.73 Å². The molecule has 0 amide bonds. The third-order valence-corrected chi connectivity index (χ3v) is 4.46. The summed E-state index contributed by atoms with van der Waals surface area (Å²) in [5, 5.41) is 0. The molecule has 1 saturated carbocycles. The van der Waals surface area contributed by atoms with Crippen molar-refractivity contribution in [1.82, 2.24) is 0 Å². The third kappa shape index (κ3) is 1.80. The van der Waals surface area contributed by atoms with Gasteiger partial charge in [-0.25, -0.2) is 4.39 Å². The van der Waals surface area contributed by atoms with Gasteiger partial charge in [0.25, 0.3) is 0 Å². The largest absolute Gasteiger partial charge is 0.321 e. The van der Waals surface area contributed by atoms with E-state index in [2.05, 4.69) is 15.9 Å². The first-order valence-corrected chi connectivity index (χ1v) is 6.49. The van der Waals surface area contributed by atoms with Crippen molar-refractivity contribution in [2.24, 2.45) is 5.73 Å². The van der Waals surface area contributed by atoms with Gasteiger partial charge in [-0.3, -0.25) is 0 Å². The van der Waals surface area contributed by atoms with Crippen molar-refractivity contribution in [1.29, 1.82) is 0 Å². The van der Waals surface area contributed by atoms with Crippen LogP contribution in [0.25, 0.3) is 0 Å². The molecule has 2 rings (SSSR count). The number of benzene rings is 1. The Morgan fingerprint density at radius 2 is 1.88 bits per heavy atom. The van der Waals surface area contributed by atoms with Gasteiger partial charge in [-0.2, -0.15) is 0 Å². The van der Waals surface area contributed by atoms with Crippen LogP contribution in [0.3, 0.4) is 0 Å². The highest BCUT2D eigenvalue weighted by Crippen LogP contribution is 2.41. The average Bonchev–Trinajstić information content (AvgIpc) is 2.63. The van der Waals surface area contributed by atoms with Gasteiger partial charge >= 0.3 is 0 Å². The third-order valence-electron chi connectivity index (χ3n) is 3.64. The second-order valence-electron chi connectivity index (χ2n) is 4.85. The number of hydrogen-bond acceptors (Lipinski definition) is 1. The van der Waals surface area contributed by atoms with E-state index in [0.29, 0.717) is 5.56 Å². The van der Waals surface area contributed by atoms with Gasteiger partial charge in [0.15, 0.2) is 0 Å². The molecule has 0 saturated heterocycles. The van der Waals surface area contributed by atoms with Gasteiger partial charge in [0.05, 0.1) is 0 Å². The van der Waals surface area contributed by atoms with E-state index < -0.39 is 5.54 Å². The van der Waals surface area contributed by atoms with Gasteiger partial charge in [0.2, 0.25) is 0 Å². The molecule has 1 nitrogen and oxygen atoms in total. The second-order valence-corrected chi connectivity index (χ2v) is 5.71. The summed E-state index contributed by atoms with van der Waals surface area (Å²) in [6.07, 6.45) is 3.98. The summed E-state index contributed by atoms with van der Waals surface area (Å²) in [6, 6.07) is 1.83. The SMILES string of the molecule is Cc1cc(Br)c(C)c(C2(N)CCCC2)c1F. The predicted octanol–water partition coefficient (Wildman–Crippen LogP) is 3.93. The maximum atomic E-state index is 14.2. The monoisotopic (exact) mass is 285 g/mol. The summed E-state index contributed by atoms with van der Waals surface area (Å²) >= 11 is 3.48. The van der Waals surface area contributed by atoms with E-state index >= 15 is 0 Å². The van der Waals surface area contributed by atoms with Crippen LogP contribution in [0.1, 0.15) is 42.4 Å². The molecular weight excluding hydrogens is 269 g/mol. The van der Waals surface area contributed by atoms with Crippen molar-refractivity contribution in [3.8, 4) is 0 Å². The molecule has 0 aromatic heterocycles. The highest BCUT2D eigenvalue weighted by Gasteiger charge is 2.35. The molecule has 88 valence electrons. The van der Waals surface area contributed by atoms with Crippen LogP contribution in [0, 0.1) is 19.7 Å². The summed E-state index contributed by atoms with van der Waals surface area (Å²) in [7, 11) is 0. The molecule has 0 heterocycles. The molecule has 1 fully saturated rings. The average molecular weight is 286 g/mol. The quantitative estimate of drug-likeness (QED) is 0.831. The predicted molar refractivity (Wildman–Crippen MR) is 67.9 cm³/mol. The summed E-state index contributed by atoms with van der Waals surface area (Å²) < 4.78 is 15.2. The van der Waals surface area contributed by atoms with Crippen LogP contribution in [-0.4, -0.2) is 0 Å². The molecule has 0 radical (unpaired) electrons. The smallest absolute Gasteiger partial charge is 0.131 e. The number of halogens is 2. The van der Waals surface area contributed by atoms with E-state index in [1.54, 1.807) is 6.92 Å². The first kappa shape index (κ1) is 12.1. The van der Waals surface area contributed by atoms with Gasteiger partial charge in [0, 0.05) is 15.6 Å². The van der Waals surface area contributed by atoms with Crippen LogP contribution < -0.4 is 5.73 Å². The molecular formula is C13H17BrFN. The van der Waals surface area contributed by atoms with Crippen molar-refractivity contribution < 1.29 is 4.39 Å². The fraction of sp³-hybridized carbons (Fsp3) is 0.538. The van der Waals surface area contributed by atoms with E-state index in [4.69, 9.17) is 5.73 Å². The molecule has 0 spiro atoms. The minimum Gasteiger partial charge on any atom is -0.321 e. The Labute approximate surface area is 104 Å². The minimum absolute atomic E-state index is 0.120. The highest BCUT2D eigenvalue weighted by atomic mass is 79.9. The Morgan fingerprint density at radius 1 is 1.31 bits per heavy atom. The Kier molecular flexibility index (Phi) is 3.10. The zero-order valence-corrected chi connectivity index (χ0v) is 11.3. The molecule has 1 aromatic rings. The molecule has 1 aliphatic carbocycles. The van der Waals surface area contributed by atoms with E-state index in [-0.39, 0.29) is 5.82 Å². The maximum Gasteiger partial charge on any atom is 0.131 e. The van der Waals surface area contributed by atoms with Gasteiger partial charge in [0.1, 0.15) is 5.82 Å². The standard InChI is InChI=1S/C13H17BrFN/c1-8-7-10(14)9(2)11(12(8)15)13(16)5-3-4-6-13/h7H,3-6,16H2,1-2H3. The molecule has 16 heavy (non-hydrogen) atoms. The number of aryl methyl sites for hydroxylation is 1. The summed E-state index contributed by atoms with van der Waals surface area (Å²) in [6.45, 7) is 3.73. The van der Waals surface area contributed by atoms with Gasteiger partial charge in [-0.05, 0) is 43.9 Å². The summed E-state index contributed by atoms with van der Waals surface area (Å²) in [4.78, 5) is 0. The Morgan fingerprint density at radius 3 is 2.44 bits per heavy atom. The molecule has 2 N–H and O–H groups in total. The van der Waals surface area contributed by atoms with Crippen molar-refractivity contribution >= 4 is 15.9 Å². The fourth-order valence-corrected chi connectivity index (χ4v) is 3.23. The number of nitrogens with two attached hydrogens (primary N) is 1. The Hall–Kier alpha value is -0.410. The van der Waals surface area contributed by atoms with Crippen LogP contribution in [0.2, 0.25) is 0 Å². The van der Waals surface area contributed by atoms with Crippen LogP contribution in [-0.2, 0) is 5.54 Å². The molecule has 1 aliphatic rings. The van der Waals surface area contributed by atoms with E-state index in [0.717, 1.165) is 41.3 Å². The van der Waals surface area contributed by atoms with Crippen LogP contribution in [0.5, 0.6) is 0 Å². The summed E-state index contributed by atoms with van der Waals surface area (Å²) in [5.74, 6) is -0.120. The maximum absolute atomic E-state index is 14.2. The lowest BCUT2D eigenvalue weighted by Gasteiger charge is -2.28. The van der Waals surface area contributed by atoms with E-state index in [9.17, 15) is 4.39 Å². The van der Waals surface area contributed by atoms with Crippen LogP contribution >= 0.6 is 15.9 Å². The van der Waals surface area contributed by atoms with E-state index in [1.165, 1.54) is 0 Å². The van der Waals surface area contributed by atoms with E-state index in [1.807, 2.05) is 13.0 Å². The molecule has 0 atom stereocenters.